The number of amides is 1. The summed E-state index contributed by atoms with van der Waals surface area (Å²) < 4.78 is 15.8. The molecule has 1 aromatic heterocycles. The molecule has 128 valence electrons. The Morgan fingerprint density at radius 1 is 1.08 bits per heavy atom. The van der Waals surface area contributed by atoms with E-state index in [1.54, 1.807) is 20.3 Å². The van der Waals surface area contributed by atoms with E-state index >= 15 is 0 Å². The Labute approximate surface area is 145 Å². The highest BCUT2D eigenvalue weighted by Crippen LogP contribution is 2.27. The van der Waals surface area contributed by atoms with Gasteiger partial charge in [-0.25, -0.2) is 4.98 Å². The number of benzene rings is 2. The lowest BCUT2D eigenvalue weighted by atomic mass is 10.1. The van der Waals surface area contributed by atoms with Crippen LogP contribution >= 0.6 is 0 Å². The van der Waals surface area contributed by atoms with Gasteiger partial charge in [0.15, 0.2) is 17.9 Å². The van der Waals surface area contributed by atoms with Gasteiger partial charge in [-0.1, -0.05) is 36.4 Å². The lowest BCUT2D eigenvalue weighted by molar-refractivity contribution is 0.0924. The van der Waals surface area contributed by atoms with E-state index in [-0.39, 0.29) is 11.7 Å². The Balaban J connectivity index is 1.73. The fourth-order valence-corrected chi connectivity index (χ4v) is 2.46. The molecule has 6 heteroatoms. The number of hydrogen-bond acceptors (Lipinski definition) is 5. The summed E-state index contributed by atoms with van der Waals surface area (Å²) in [7, 11) is 3.15. The Bertz CT molecular complexity index is 859. The second-order valence-electron chi connectivity index (χ2n) is 5.27. The maximum Gasteiger partial charge on any atom is 0.289 e. The molecular weight excluding hydrogens is 320 g/mol. The Morgan fingerprint density at radius 2 is 1.84 bits per heavy atom. The highest BCUT2D eigenvalue weighted by atomic mass is 16.5. The SMILES string of the molecule is COc1ccc(CNC(=O)c2ocnc2-c2ccccc2)cc1OC. The van der Waals surface area contributed by atoms with Crippen LogP contribution in [0.5, 0.6) is 11.5 Å². The van der Waals surface area contributed by atoms with Crippen LogP contribution < -0.4 is 14.8 Å². The molecule has 0 saturated heterocycles. The predicted octanol–water partition coefficient (Wildman–Crippen LogP) is 3.29. The zero-order valence-corrected chi connectivity index (χ0v) is 14.0. The summed E-state index contributed by atoms with van der Waals surface area (Å²) in [6, 6.07) is 14.9. The minimum Gasteiger partial charge on any atom is -0.493 e. The van der Waals surface area contributed by atoms with Crippen molar-refractivity contribution in [2.45, 2.75) is 6.54 Å². The quantitative estimate of drug-likeness (QED) is 0.746. The standard InChI is InChI=1S/C19H18N2O4/c1-23-15-9-8-13(10-16(15)24-2)11-20-19(22)18-17(21-12-25-18)14-6-4-3-5-7-14/h3-10,12H,11H2,1-2H3,(H,20,22). The molecule has 1 N–H and O–H groups in total. The largest absolute Gasteiger partial charge is 0.493 e. The molecule has 0 unspecified atom stereocenters. The molecular formula is C19H18N2O4. The molecule has 0 spiro atoms. The van der Waals surface area contributed by atoms with Gasteiger partial charge in [0.05, 0.1) is 14.2 Å². The fraction of sp³-hybridized carbons (Fsp3) is 0.158. The van der Waals surface area contributed by atoms with Gasteiger partial charge in [0.2, 0.25) is 5.76 Å². The van der Waals surface area contributed by atoms with E-state index in [0.29, 0.717) is 23.7 Å². The lowest BCUT2D eigenvalue weighted by Crippen LogP contribution is -2.23. The molecule has 0 aliphatic rings. The summed E-state index contributed by atoms with van der Waals surface area (Å²) in [6.07, 6.45) is 1.27. The van der Waals surface area contributed by atoms with Gasteiger partial charge < -0.3 is 19.2 Å². The van der Waals surface area contributed by atoms with Gasteiger partial charge in [0, 0.05) is 12.1 Å². The number of rotatable bonds is 6. The molecule has 25 heavy (non-hydrogen) atoms. The van der Waals surface area contributed by atoms with Crippen molar-refractivity contribution in [2.75, 3.05) is 14.2 Å². The van der Waals surface area contributed by atoms with Gasteiger partial charge in [0.1, 0.15) is 5.69 Å². The van der Waals surface area contributed by atoms with Crippen molar-refractivity contribution < 1.29 is 18.7 Å². The number of hydrogen-bond donors (Lipinski definition) is 1. The van der Waals surface area contributed by atoms with Crippen LogP contribution in [0.25, 0.3) is 11.3 Å². The summed E-state index contributed by atoms with van der Waals surface area (Å²) in [5, 5.41) is 2.83. The summed E-state index contributed by atoms with van der Waals surface area (Å²) >= 11 is 0. The van der Waals surface area contributed by atoms with Crippen LogP contribution in [0.4, 0.5) is 0 Å². The molecule has 1 amide bonds. The number of nitrogens with zero attached hydrogens (tertiary/aromatic N) is 1. The zero-order chi connectivity index (χ0) is 17.6. The number of nitrogens with one attached hydrogen (secondary N) is 1. The van der Waals surface area contributed by atoms with Gasteiger partial charge in [-0.05, 0) is 17.7 Å². The maximum atomic E-state index is 12.5. The average Bonchev–Trinajstić information content (AvgIpc) is 3.16. The molecule has 0 saturated carbocycles. The zero-order valence-electron chi connectivity index (χ0n) is 14.0. The number of oxazole rings is 1. The first-order valence-corrected chi connectivity index (χ1v) is 7.71. The maximum absolute atomic E-state index is 12.5. The molecule has 2 aromatic carbocycles. The molecule has 0 radical (unpaired) electrons. The molecule has 0 aliphatic carbocycles. The van der Waals surface area contributed by atoms with Gasteiger partial charge in [0.25, 0.3) is 5.91 Å². The number of carbonyl (C=O) groups is 1. The third kappa shape index (κ3) is 3.63. The first-order chi connectivity index (χ1) is 12.2. The first kappa shape index (κ1) is 16.6. The van der Waals surface area contributed by atoms with Crippen molar-refractivity contribution in [2.24, 2.45) is 0 Å². The number of carbonyl (C=O) groups excluding carboxylic acids is 1. The summed E-state index contributed by atoms with van der Waals surface area (Å²) in [5.74, 6) is 1.11. The van der Waals surface area contributed by atoms with E-state index in [1.807, 2.05) is 42.5 Å². The van der Waals surface area contributed by atoms with E-state index < -0.39 is 0 Å². The van der Waals surface area contributed by atoms with Gasteiger partial charge >= 0.3 is 0 Å². The van der Waals surface area contributed by atoms with Gasteiger partial charge in [-0.2, -0.15) is 0 Å². The van der Waals surface area contributed by atoms with Crippen LogP contribution in [0.3, 0.4) is 0 Å². The Morgan fingerprint density at radius 3 is 2.56 bits per heavy atom. The average molecular weight is 338 g/mol. The molecule has 0 fully saturated rings. The van der Waals surface area contributed by atoms with Crippen molar-refractivity contribution in [3.8, 4) is 22.8 Å². The van der Waals surface area contributed by atoms with Crippen LogP contribution in [0.2, 0.25) is 0 Å². The summed E-state index contributed by atoms with van der Waals surface area (Å²) in [4.78, 5) is 16.6. The van der Waals surface area contributed by atoms with Crippen molar-refractivity contribution >= 4 is 5.91 Å². The van der Waals surface area contributed by atoms with Gasteiger partial charge in [-0.3, -0.25) is 4.79 Å². The summed E-state index contributed by atoms with van der Waals surface area (Å²) in [6.45, 7) is 0.327. The lowest BCUT2D eigenvalue weighted by Gasteiger charge is -2.10. The number of methoxy groups -OCH3 is 2. The van der Waals surface area contributed by atoms with E-state index in [9.17, 15) is 4.79 Å². The second kappa shape index (κ2) is 7.53. The highest BCUT2D eigenvalue weighted by molar-refractivity contribution is 5.97. The van der Waals surface area contributed by atoms with E-state index in [1.165, 1.54) is 6.39 Å². The van der Waals surface area contributed by atoms with Crippen LogP contribution in [-0.4, -0.2) is 25.1 Å². The first-order valence-electron chi connectivity index (χ1n) is 7.71. The third-order valence-corrected chi connectivity index (χ3v) is 3.72. The number of ether oxygens (including phenoxy) is 2. The van der Waals surface area contributed by atoms with Crippen LogP contribution in [-0.2, 0) is 6.54 Å². The normalized spacial score (nSPS) is 10.3. The fourth-order valence-electron chi connectivity index (χ4n) is 2.46. The minimum atomic E-state index is -0.328. The smallest absolute Gasteiger partial charge is 0.289 e. The molecule has 1 heterocycles. The van der Waals surface area contributed by atoms with E-state index in [4.69, 9.17) is 13.9 Å². The van der Waals surface area contributed by atoms with Crippen LogP contribution in [0.15, 0.2) is 59.3 Å². The molecule has 0 bridgehead atoms. The molecule has 3 aromatic rings. The van der Waals surface area contributed by atoms with Crippen molar-refractivity contribution in [3.63, 3.8) is 0 Å². The Hall–Kier alpha value is -3.28. The minimum absolute atomic E-state index is 0.187. The molecule has 0 aliphatic heterocycles. The number of aromatic nitrogens is 1. The van der Waals surface area contributed by atoms with Crippen molar-refractivity contribution in [1.29, 1.82) is 0 Å². The van der Waals surface area contributed by atoms with E-state index in [0.717, 1.165) is 11.1 Å². The molecule has 3 rings (SSSR count). The van der Waals surface area contributed by atoms with E-state index in [2.05, 4.69) is 10.3 Å². The second-order valence-corrected chi connectivity index (χ2v) is 5.27. The topological polar surface area (TPSA) is 73.6 Å². The monoisotopic (exact) mass is 338 g/mol. The summed E-state index contributed by atoms with van der Waals surface area (Å²) in [5.41, 5.74) is 2.23. The van der Waals surface area contributed by atoms with Crippen LogP contribution in [0, 0.1) is 0 Å². The third-order valence-electron chi connectivity index (χ3n) is 3.72. The molecule has 6 nitrogen and oxygen atoms in total. The molecule has 0 atom stereocenters. The van der Waals surface area contributed by atoms with Crippen molar-refractivity contribution in [1.82, 2.24) is 10.3 Å². The van der Waals surface area contributed by atoms with Crippen LogP contribution in [0.1, 0.15) is 16.1 Å². The van der Waals surface area contributed by atoms with Gasteiger partial charge in [-0.15, -0.1) is 0 Å². The predicted molar refractivity (Wildman–Crippen MR) is 92.7 cm³/mol. The Kier molecular flexibility index (Phi) is 4.99. The van der Waals surface area contributed by atoms with Crippen molar-refractivity contribution in [3.05, 3.63) is 66.2 Å². The highest BCUT2D eigenvalue weighted by Gasteiger charge is 2.18.